The Morgan fingerprint density at radius 2 is 1.74 bits per heavy atom. The fourth-order valence-electron chi connectivity index (χ4n) is 2.97. The van der Waals surface area contributed by atoms with Gasteiger partial charge in [0.2, 0.25) is 0 Å². The van der Waals surface area contributed by atoms with E-state index in [4.69, 9.17) is 4.74 Å². The molecule has 31 heavy (non-hydrogen) atoms. The molecule has 9 heteroatoms. The van der Waals surface area contributed by atoms with Gasteiger partial charge in [-0.05, 0) is 68.4 Å². The van der Waals surface area contributed by atoms with Crippen molar-refractivity contribution in [1.29, 1.82) is 0 Å². The molecule has 0 fully saturated rings. The highest BCUT2D eigenvalue weighted by Gasteiger charge is 2.17. The highest BCUT2D eigenvalue weighted by Crippen LogP contribution is 2.24. The molecule has 8 nitrogen and oxygen atoms in total. The molecule has 0 saturated carbocycles. The van der Waals surface area contributed by atoms with E-state index in [9.17, 15) is 13.2 Å². The van der Waals surface area contributed by atoms with Gasteiger partial charge in [0, 0.05) is 23.6 Å². The first-order valence-electron chi connectivity index (χ1n) is 9.56. The van der Waals surface area contributed by atoms with Crippen LogP contribution in [0.4, 0.5) is 5.69 Å². The maximum atomic E-state index is 12.8. The molecule has 0 spiro atoms. The van der Waals surface area contributed by atoms with Crippen LogP contribution in [0.1, 0.15) is 24.2 Å². The van der Waals surface area contributed by atoms with Gasteiger partial charge < -0.3 is 9.72 Å². The summed E-state index contributed by atoms with van der Waals surface area (Å²) >= 11 is 0. The standard InChI is InChI=1S/C22H20N4O4S/c1-14(2)30-22(27)16-3-5-17(6-4-16)26-31(28,29)18-7-8-19-20(13-18)25-21(24-19)15-9-11-23-12-10-15/h3-14,26H,1-2H3,(H,24,25). The molecule has 2 aromatic heterocycles. The zero-order valence-electron chi connectivity index (χ0n) is 16.9. The zero-order valence-corrected chi connectivity index (χ0v) is 17.7. The van der Waals surface area contributed by atoms with Crippen molar-refractivity contribution in [3.05, 3.63) is 72.6 Å². The van der Waals surface area contributed by atoms with E-state index in [2.05, 4.69) is 19.7 Å². The number of benzene rings is 2. The van der Waals surface area contributed by atoms with Gasteiger partial charge in [0.05, 0.1) is 27.6 Å². The van der Waals surface area contributed by atoms with Gasteiger partial charge in [-0.2, -0.15) is 0 Å². The first-order chi connectivity index (χ1) is 14.8. The second-order valence-corrected chi connectivity index (χ2v) is 8.82. The number of sulfonamides is 1. The molecule has 0 bridgehead atoms. The summed E-state index contributed by atoms with van der Waals surface area (Å²) < 4.78 is 33.3. The van der Waals surface area contributed by atoms with Gasteiger partial charge >= 0.3 is 5.97 Å². The van der Waals surface area contributed by atoms with E-state index in [1.165, 1.54) is 36.4 Å². The summed E-state index contributed by atoms with van der Waals surface area (Å²) in [7, 11) is -3.84. The van der Waals surface area contributed by atoms with Crippen LogP contribution in [0.5, 0.6) is 0 Å². The molecule has 0 aliphatic carbocycles. The third-order valence-corrected chi connectivity index (χ3v) is 5.81. The number of nitrogens with zero attached hydrogens (tertiary/aromatic N) is 2. The Balaban J connectivity index is 1.56. The molecule has 0 radical (unpaired) electrons. The van der Waals surface area contributed by atoms with Crippen LogP contribution in [0.15, 0.2) is 71.9 Å². The quantitative estimate of drug-likeness (QED) is 0.442. The number of pyridine rings is 1. The van der Waals surface area contributed by atoms with Crippen molar-refractivity contribution in [3.8, 4) is 11.4 Å². The van der Waals surface area contributed by atoms with Crippen molar-refractivity contribution in [2.45, 2.75) is 24.8 Å². The SMILES string of the molecule is CC(C)OC(=O)c1ccc(NS(=O)(=O)c2ccc3nc(-c4ccncc4)[nH]c3c2)cc1. The minimum Gasteiger partial charge on any atom is -0.459 e. The molecule has 0 saturated heterocycles. The highest BCUT2D eigenvalue weighted by molar-refractivity contribution is 7.92. The first kappa shape index (κ1) is 20.5. The molecule has 4 aromatic rings. The topological polar surface area (TPSA) is 114 Å². The minimum absolute atomic E-state index is 0.0909. The molecule has 4 rings (SSSR count). The van der Waals surface area contributed by atoms with Gasteiger partial charge in [0.15, 0.2) is 0 Å². The lowest BCUT2D eigenvalue weighted by atomic mass is 10.2. The monoisotopic (exact) mass is 436 g/mol. The lowest BCUT2D eigenvalue weighted by Gasteiger charge is -2.10. The number of nitrogens with one attached hydrogen (secondary N) is 2. The molecule has 0 aliphatic heterocycles. The van der Waals surface area contributed by atoms with Crippen LogP contribution in [-0.2, 0) is 14.8 Å². The summed E-state index contributed by atoms with van der Waals surface area (Å²) in [4.78, 5) is 23.6. The van der Waals surface area contributed by atoms with E-state index in [0.717, 1.165) is 5.56 Å². The van der Waals surface area contributed by atoms with E-state index < -0.39 is 16.0 Å². The van der Waals surface area contributed by atoms with E-state index >= 15 is 0 Å². The molecule has 2 aromatic carbocycles. The van der Waals surface area contributed by atoms with Crippen LogP contribution in [0.2, 0.25) is 0 Å². The number of aromatic nitrogens is 3. The van der Waals surface area contributed by atoms with Crippen LogP contribution >= 0.6 is 0 Å². The van der Waals surface area contributed by atoms with Gasteiger partial charge in [-0.3, -0.25) is 9.71 Å². The summed E-state index contributed by atoms with van der Waals surface area (Å²) in [5.41, 5.74) is 2.78. The van der Waals surface area contributed by atoms with Crippen LogP contribution in [0.25, 0.3) is 22.4 Å². The number of aromatic amines is 1. The number of anilines is 1. The second-order valence-electron chi connectivity index (χ2n) is 7.14. The lowest BCUT2D eigenvalue weighted by molar-refractivity contribution is 0.0378. The van der Waals surface area contributed by atoms with Gasteiger partial charge in [-0.15, -0.1) is 0 Å². The number of imidazole rings is 1. The summed E-state index contributed by atoms with van der Waals surface area (Å²) in [6.45, 7) is 3.52. The maximum Gasteiger partial charge on any atom is 0.338 e. The van der Waals surface area contributed by atoms with Gasteiger partial charge in [0.25, 0.3) is 10.0 Å². The maximum absolute atomic E-state index is 12.8. The number of carbonyl (C=O) groups is 1. The Morgan fingerprint density at radius 3 is 2.42 bits per heavy atom. The molecule has 0 unspecified atom stereocenters. The number of H-pyrrole nitrogens is 1. The number of carbonyl (C=O) groups excluding carboxylic acids is 1. The molecular formula is C22H20N4O4S. The Hall–Kier alpha value is -3.72. The molecule has 158 valence electrons. The van der Waals surface area contributed by atoms with Crippen molar-refractivity contribution in [1.82, 2.24) is 15.0 Å². The van der Waals surface area contributed by atoms with Crippen molar-refractivity contribution >= 4 is 32.7 Å². The third-order valence-electron chi connectivity index (χ3n) is 4.43. The molecular weight excluding hydrogens is 416 g/mol. The summed E-state index contributed by atoms with van der Waals surface area (Å²) in [6.07, 6.45) is 3.09. The summed E-state index contributed by atoms with van der Waals surface area (Å²) in [5.74, 6) is 0.169. The van der Waals surface area contributed by atoms with Crippen molar-refractivity contribution in [2.24, 2.45) is 0 Å². The van der Waals surface area contributed by atoms with Gasteiger partial charge in [-0.1, -0.05) is 0 Å². The predicted octanol–water partition coefficient (Wildman–Crippen LogP) is 3.99. The van der Waals surface area contributed by atoms with Crippen LogP contribution < -0.4 is 4.72 Å². The Morgan fingerprint density at radius 1 is 1.03 bits per heavy atom. The van der Waals surface area contributed by atoms with Crippen molar-refractivity contribution in [2.75, 3.05) is 4.72 Å². The molecule has 2 heterocycles. The average Bonchev–Trinajstić information content (AvgIpc) is 3.17. The molecule has 0 aliphatic rings. The van der Waals surface area contributed by atoms with E-state index in [1.807, 2.05) is 12.1 Å². The Bertz CT molecular complexity index is 1330. The van der Waals surface area contributed by atoms with Crippen molar-refractivity contribution in [3.63, 3.8) is 0 Å². The number of hydrogen-bond donors (Lipinski definition) is 2. The average molecular weight is 436 g/mol. The highest BCUT2D eigenvalue weighted by atomic mass is 32.2. The fourth-order valence-corrected chi connectivity index (χ4v) is 4.06. The van der Waals surface area contributed by atoms with E-state index in [-0.39, 0.29) is 11.0 Å². The number of fused-ring (bicyclic) bond motifs is 1. The lowest BCUT2D eigenvalue weighted by Crippen LogP contribution is -2.14. The van der Waals surface area contributed by atoms with Gasteiger partial charge in [0.1, 0.15) is 5.82 Å². The summed E-state index contributed by atoms with van der Waals surface area (Å²) in [6, 6.07) is 14.4. The Kier molecular flexibility index (Phi) is 5.43. The summed E-state index contributed by atoms with van der Waals surface area (Å²) in [5, 5.41) is 0. The second kappa shape index (κ2) is 8.19. The minimum atomic E-state index is -3.84. The zero-order chi connectivity index (χ0) is 22.0. The smallest absolute Gasteiger partial charge is 0.338 e. The number of hydrogen-bond acceptors (Lipinski definition) is 6. The number of ether oxygens (including phenoxy) is 1. The molecule has 2 N–H and O–H groups in total. The number of rotatable bonds is 6. The van der Waals surface area contributed by atoms with E-state index in [1.54, 1.807) is 32.3 Å². The normalized spacial score (nSPS) is 11.6. The predicted molar refractivity (Wildman–Crippen MR) is 117 cm³/mol. The van der Waals surface area contributed by atoms with Crippen LogP contribution in [0.3, 0.4) is 0 Å². The molecule has 0 amide bonds. The fraction of sp³-hybridized carbons (Fsp3) is 0.136. The first-order valence-corrected chi connectivity index (χ1v) is 11.0. The third kappa shape index (κ3) is 4.56. The molecule has 0 atom stereocenters. The van der Waals surface area contributed by atoms with Gasteiger partial charge in [-0.25, -0.2) is 18.2 Å². The largest absolute Gasteiger partial charge is 0.459 e. The van der Waals surface area contributed by atoms with Crippen LogP contribution in [-0.4, -0.2) is 35.4 Å². The van der Waals surface area contributed by atoms with Crippen molar-refractivity contribution < 1.29 is 17.9 Å². The van der Waals surface area contributed by atoms with E-state index in [0.29, 0.717) is 28.1 Å². The number of esters is 1. The Labute approximate surface area is 179 Å². The van der Waals surface area contributed by atoms with Crippen LogP contribution in [0, 0.1) is 0 Å².